The van der Waals surface area contributed by atoms with Crippen LogP contribution in [-0.2, 0) is 55.3 Å². The van der Waals surface area contributed by atoms with E-state index in [0.717, 1.165) is 0 Å². The molecule has 5 heteroatoms. The fraction of sp³-hybridized carbons (Fsp3) is 0. The first-order valence-corrected chi connectivity index (χ1v) is 0. The molecule has 0 N–H and O–H groups in total. The van der Waals surface area contributed by atoms with Gasteiger partial charge in [-0.15, -0.1) is 0 Å². The van der Waals surface area contributed by atoms with E-state index in [9.17, 15) is 0 Å². The third-order valence-corrected chi connectivity index (χ3v) is 0. The summed E-state index contributed by atoms with van der Waals surface area (Å²) in [6.45, 7) is 0. The molecule has 24 valence electrons. The molecule has 0 atom stereocenters. The Morgan fingerprint density at radius 2 is 1.00 bits per heavy atom. The van der Waals surface area contributed by atoms with Gasteiger partial charge in [0.1, 0.15) is 0 Å². The van der Waals surface area contributed by atoms with Crippen LogP contribution in [0.1, 0.15) is 0 Å². The summed E-state index contributed by atoms with van der Waals surface area (Å²) in [6.07, 6.45) is 0. The normalized spacial score (nSPS) is 0. The van der Waals surface area contributed by atoms with Crippen LogP contribution in [0, 0.1) is 0 Å². The molecule has 0 spiro atoms. The molecule has 0 bridgehead atoms. The molecule has 0 aromatic heterocycles. The fourth-order valence-electron chi connectivity index (χ4n) is 0. The van der Waals surface area contributed by atoms with Gasteiger partial charge < -0.3 is 0 Å². The molecule has 0 aromatic carbocycles. The first-order chi connectivity index (χ1) is 0. The number of rotatable bonds is 0. The Balaban J connectivity index is 0. The van der Waals surface area contributed by atoms with E-state index < -0.39 is 0 Å². The van der Waals surface area contributed by atoms with Crippen molar-refractivity contribution >= 4 is 56.6 Å². The van der Waals surface area contributed by atoms with Crippen molar-refractivity contribution in [2.24, 2.45) is 0 Å². The van der Waals surface area contributed by atoms with Gasteiger partial charge in [0, 0.05) is 112 Å². The Bertz CT molecular complexity index is 11.6. The summed E-state index contributed by atoms with van der Waals surface area (Å²) in [7, 11) is 0. The van der Waals surface area contributed by atoms with Gasteiger partial charge in [-0.3, -0.25) is 0 Å². The Kier molecular flexibility index (Phi) is 197. The summed E-state index contributed by atoms with van der Waals surface area (Å²) >= 11 is 0. The van der Waals surface area contributed by atoms with Crippen LogP contribution in [0.5, 0.6) is 0 Å². The smallest absolute Gasteiger partial charge is 0 e. The van der Waals surface area contributed by atoms with Crippen LogP contribution in [0.4, 0.5) is 0 Å². The van der Waals surface area contributed by atoms with E-state index in [0.29, 0.717) is 0 Å². The van der Waals surface area contributed by atoms with Gasteiger partial charge in [-0.25, -0.2) is 0 Å². The summed E-state index contributed by atoms with van der Waals surface area (Å²) in [4.78, 5) is 0. The molecule has 4 radical (unpaired) electrons. The molecule has 5 heavy (non-hydrogen) atoms. The quantitative estimate of drug-likeness (QED) is 0.459. The van der Waals surface area contributed by atoms with Crippen molar-refractivity contribution in [1.82, 2.24) is 0 Å². The molecule has 0 aliphatic carbocycles. The fourth-order valence-corrected chi connectivity index (χ4v) is 0. The van der Waals surface area contributed by atoms with Crippen LogP contribution in [0.2, 0.25) is 0 Å². The van der Waals surface area contributed by atoms with Crippen molar-refractivity contribution in [3.63, 3.8) is 0 Å². The summed E-state index contributed by atoms with van der Waals surface area (Å²) in [5.74, 6) is 0. The van der Waals surface area contributed by atoms with Gasteiger partial charge in [-0.2, -0.15) is 0 Å². The molecule has 0 nitrogen and oxygen atoms in total. The van der Waals surface area contributed by atoms with E-state index in [4.69, 9.17) is 0 Å². The van der Waals surface area contributed by atoms with Crippen molar-refractivity contribution in [3.05, 3.63) is 0 Å². The molecule has 0 aromatic rings. The second-order valence-corrected chi connectivity index (χ2v) is 0. The average Bonchev–Trinajstić information content (AvgIpc) is 0. The van der Waals surface area contributed by atoms with E-state index in [1.165, 1.54) is 0 Å². The average molecular weight is 209 g/mol. The standard InChI is InChI=1S/Ca.Li.Mn.Ni.Ti. The van der Waals surface area contributed by atoms with Gasteiger partial charge >= 0.3 is 0 Å². The van der Waals surface area contributed by atoms with Gasteiger partial charge in [0.25, 0.3) is 0 Å². The first-order valence-electron chi connectivity index (χ1n) is 0. The van der Waals surface area contributed by atoms with Crippen molar-refractivity contribution < 1.29 is 55.3 Å². The number of hydrogen-bond donors (Lipinski definition) is 0. The maximum Gasteiger partial charge on any atom is 0 e. The van der Waals surface area contributed by atoms with Gasteiger partial charge in [0.15, 0.2) is 0 Å². The van der Waals surface area contributed by atoms with E-state index in [2.05, 4.69) is 0 Å². The zero-order valence-electron chi connectivity index (χ0n) is 2.90. The molecule has 0 saturated heterocycles. The molecule has 0 amide bonds. The van der Waals surface area contributed by atoms with Crippen LogP contribution >= 0.6 is 0 Å². The third kappa shape index (κ3) is 18.4. The van der Waals surface area contributed by atoms with Crippen molar-refractivity contribution in [3.8, 4) is 0 Å². The van der Waals surface area contributed by atoms with E-state index >= 15 is 0 Å². The van der Waals surface area contributed by atoms with Crippen LogP contribution in [-0.4, -0.2) is 56.6 Å². The molecular formula is CaLiMnNiTi. The Hall–Kier alpha value is 3.58. The minimum absolute atomic E-state index is 0. The van der Waals surface area contributed by atoms with Crippen molar-refractivity contribution in [2.45, 2.75) is 0 Å². The maximum absolute atomic E-state index is 0. The first kappa shape index (κ1) is 38.4. The van der Waals surface area contributed by atoms with E-state index in [1.807, 2.05) is 0 Å². The Morgan fingerprint density at radius 3 is 1.00 bits per heavy atom. The van der Waals surface area contributed by atoms with Crippen LogP contribution < -0.4 is 0 Å². The largest absolute Gasteiger partial charge is 0 e. The molecule has 0 heterocycles. The van der Waals surface area contributed by atoms with Gasteiger partial charge in [0.05, 0.1) is 0 Å². The maximum atomic E-state index is 0. The predicted octanol–water partition coefficient (Wildman–Crippen LogP) is -0.769. The summed E-state index contributed by atoms with van der Waals surface area (Å²) in [6, 6.07) is 0. The molecular weight excluding hydrogens is 209 g/mol. The molecule has 0 fully saturated rings. The molecule has 0 aliphatic rings. The second-order valence-electron chi connectivity index (χ2n) is 0. The minimum Gasteiger partial charge on any atom is 0 e. The molecule has 0 aliphatic heterocycles. The summed E-state index contributed by atoms with van der Waals surface area (Å²) in [5.41, 5.74) is 0. The summed E-state index contributed by atoms with van der Waals surface area (Å²) in [5, 5.41) is 0. The second kappa shape index (κ2) is 25.6. The topological polar surface area (TPSA) is 0 Å². The van der Waals surface area contributed by atoms with Gasteiger partial charge in [-0.1, -0.05) is 0 Å². The predicted molar refractivity (Wildman–Crippen MR) is 11.5 cm³/mol. The zero-order valence-corrected chi connectivity index (χ0v) is 8.84. The van der Waals surface area contributed by atoms with E-state index in [1.54, 1.807) is 0 Å². The van der Waals surface area contributed by atoms with E-state index in [-0.39, 0.29) is 112 Å². The van der Waals surface area contributed by atoms with Gasteiger partial charge in [0.2, 0.25) is 0 Å². The van der Waals surface area contributed by atoms with Crippen molar-refractivity contribution in [2.75, 3.05) is 0 Å². The number of hydrogen-bond acceptors (Lipinski definition) is 0. The monoisotopic (exact) mass is 208 g/mol. The Labute approximate surface area is 109 Å². The van der Waals surface area contributed by atoms with Gasteiger partial charge in [-0.05, 0) is 0 Å². The molecule has 0 saturated carbocycles. The Morgan fingerprint density at radius 1 is 1.00 bits per heavy atom. The zero-order chi connectivity index (χ0) is 0. The minimum atomic E-state index is 0. The van der Waals surface area contributed by atoms with Crippen LogP contribution in [0.25, 0.3) is 0 Å². The van der Waals surface area contributed by atoms with Crippen LogP contribution in [0.3, 0.4) is 0 Å². The molecule has 0 unspecified atom stereocenters. The third-order valence-electron chi connectivity index (χ3n) is 0. The molecule has 0 rings (SSSR count). The summed E-state index contributed by atoms with van der Waals surface area (Å²) < 4.78 is 0. The SMILES string of the molecule is [Ca].[Li].[Mn].[Ni].[Ti]. The van der Waals surface area contributed by atoms with Crippen molar-refractivity contribution in [1.29, 1.82) is 0 Å². The van der Waals surface area contributed by atoms with Crippen LogP contribution in [0.15, 0.2) is 0 Å².